The molecular weight excluding hydrogens is 372 g/mol. The Hall–Kier alpha value is -3.87. The van der Waals surface area contributed by atoms with Crippen LogP contribution < -0.4 is 15.4 Å². The van der Waals surface area contributed by atoms with Crippen molar-refractivity contribution < 1.29 is 23.9 Å². The topological polar surface area (TPSA) is 93.7 Å². The molecule has 0 unspecified atom stereocenters. The van der Waals surface area contributed by atoms with Crippen LogP contribution in [0.4, 0.5) is 11.4 Å². The highest BCUT2D eigenvalue weighted by molar-refractivity contribution is 6.06. The third-order valence-electron chi connectivity index (χ3n) is 4.10. The molecule has 3 aromatic carbocycles. The third-order valence-corrected chi connectivity index (χ3v) is 4.10. The molecule has 0 bridgehead atoms. The van der Waals surface area contributed by atoms with E-state index in [0.717, 1.165) is 10.8 Å². The van der Waals surface area contributed by atoms with Gasteiger partial charge in [0.2, 0.25) is 5.91 Å². The number of hydrogen-bond acceptors (Lipinski definition) is 5. The fraction of sp³-hybridized carbons (Fsp3) is 0.136. The van der Waals surface area contributed by atoms with Crippen LogP contribution >= 0.6 is 0 Å². The average Bonchev–Trinajstić information content (AvgIpc) is 2.71. The second-order valence-electron chi connectivity index (χ2n) is 6.28. The van der Waals surface area contributed by atoms with Crippen LogP contribution in [-0.2, 0) is 14.3 Å². The third kappa shape index (κ3) is 5.10. The molecule has 3 aromatic rings. The van der Waals surface area contributed by atoms with Gasteiger partial charge in [0.15, 0.2) is 6.61 Å². The van der Waals surface area contributed by atoms with Gasteiger partial charge < -0.3 is 20.1 Å². The standard InChI is InChI=1S/C22H20N2O5/c1-14(25)23-20-11-16-7-4-3-6-15(16)10-19(20)22(27)29-13-21(26)24-17-8-5-9-18(12-17)28-2/h3-12H,13H2,1-2H3,(H,23,25)(H,24,26). The fourth-order valence-corrected chi connectivity index (χ4v) is 2.81. The first-order valence-corrected chi connectivity index (χ1v) is 8.87. The normalized spacial score (nSPS) is 10.3. The van der Waals surface area contributed by atoms with Crippen LogP contribution in [0.2, 0.25) is 0 Å². The van der Waals surface area contributed by atoms with Crippen molar-refractivity contribution in [1.29, 1.82) is 0 Å². The molecule has 0 aliphatic carbocycles. The number of hydrogen-bond donors (Lipinski definition) is 2. The molecule has 0 aliphatic rings. The SMILES string of the molecule is COc1cccc(NC(=O)COC(=O)c2cc3ccccc3cc2NC(C)=O)c1. The fourth-order valence-electron chi connectivity index (χ4n) is 2.81. The van der Waals surface area contributed by atoms with Gasteiger partial charge in [-0.1, -0.05) is 30.3 Å². The van der Waals surface area contributed by atoms with E-state index in [2.05, 4.69) is 10.6 Å². The lowest BCUT2D eigenvalue weighted by Crippen LogP contribution is -2.21. The second-order valence-corrected chi connectivity index (χ2v) is 6.28. The Morgan fingerprint density at radius 1 is 0.897 bits per heavy atom. The Morgan fingerprint density at radius 3 is 2.31 bits per heavy atom. The minimum atomic E-state index is -0.708. The van der Waals surface area contributed by atoms with Gasteiger partial charge in [-0.2, -0.15) is 0 Å². The highest BCUT2D eigenvalue weighted by Gasteiger charge is 2.17. The average molecular weight is 392 g/mol. The highest BCUT2D eigenvalue weighted by Crippen LogP contribution is 2.25. The van der Waals surface area contributed by atoms with Crippen molar-refractivity contribution in [2.45, 2.75) is 6.92 Å². The summed E-state index contributed by atoms with van der Waals surface area (Å²) in [5.74, 6) is -0.922. The van der Waals surface area contributed by atoms with Gasteiger partial charge >= 0.3 is 5.97 Å². The van der Waals surface area contributed by atoms with Crippen molar-refractivity contribution in [2.24, 2.45) is 0 Å². The predicted molar refractivity (Wildman–Crippen MR) is 110 cm³/mol. The maximum Gasteiger partial charge on any atom is 0.340 e. The Balaban J connectivity index is 1.73. The van der Waals surface area contributed by atoms with E-state index in [1.165, 1.54) is 14.0 Å². The summed E-state index contributed by atoms with van der Waals surface area (Å²) in [5.41, 5.74) is 1.03. The zero-order chi connectivity index (χ0) is 20.8. The lowest BCUT2D eigenvalue weighted by molar-refractivity contribution is -0.119. The molecule has 0 spiro atoms. The lowest BCUT2D eigenvalue weighted by Gasteiger charge is -2.12. The first-order chi connectivity index (χ1) is 14.0. The van der Waals surface area contributed by atoms with E-state index in [4.69, 9.17) is 9.47 Å². The number of amides is 2. The van der Waals surface area contributed by atoms with Gasteiger partial charge in [0.1, 0.15) is 5.75 Å². The van der Waals surface area contributed by atoms with Crippen LogP contribution in [0.25, 0.3) is 10.8 Å². The van der Waals surface area contributed by atoms with Gasteiger partial charge in [-0.05, 0) is 35.0 Å². The van der Waals surface area contributed by atoms with E-state index in [-0.39, 0.29) is 11.5 Å². The van der Waals surface area contributed by atoms with E-state index < -0.39 is 18.5 Å². The van der Waals surface area contributed by atoms with Gasteiger partial charge in [0.25, 0.3) is 5.91 Å². The number of anilines is 2. The number of carbonyl (C=O) groups excluding carboxylic acids is 3. The number of carbonyl (C=O) groups is 3. The summed E-state index contributed by atoms with van der Waals surface area (Å²) < 4.78 is 10.3. The molecule has 0 fully saturated rings. The molecule has 0 radical (unpaired) electrons. The van der Waals surface area contributed by atoms with Crippen LogP contribution in [0.5, 0.6) is 5.75 Å². The summed E-state index contributed by atoms with van der Waals surface area (Å²) in [4.78, 5) is 36.2. The molecule has 3 rings (SSSR count). The smallest absolute Gasteiger partial charge is 0.340 e. The first-order valence-electron chi connectivity index (χ1n) is 8.87. The minimum absolute atomic E-state index is 0.174. The maximum absolute atomic E-state index is 12.6. The van der Waals surface area contributed by atoms with Crippen molar-refractivity contribution in [3.63, 3.8) is 0 Å². The quantitative estimate of drug-likeness (QED) is 0.625. The number of benzene rings is 3. The Bertz CT molecular complexity index is 1080. The maximum atomic E-state index is 12.6. The molecule has 7 nitrogen and oxygen atoms in total. The molecular formula is C22H20N2O5. The van der Waals surface area contributed by atoms with E-state index >= 15 is 0 Å². The van der Waals surface area contributed by atoms with Crippen LogP contribution in [-0.4, -0.2) is 31.5 Å². The lowest BCUT2D eigenvalue weighted by atomic mass is 10.0. The summed E-state index contributed by atoms with van der Waals surface area (Å²) in [6, 6.07) is 17.6. The number of ether oxygens (including phenoxy) is 2. The highest BCUT2D eigenvalue weighted by atomic mass is 16.5. The van der Waals surface area contributed by atoms with Crippen molar-refractivity contribution >= 4 is 39.9 Å². The van der Waals surface area contributed by atoms with E-state index in [9.17, 15) is 14.4 Å². The van der Waals surface area contributed by atoms with Gasteiger partial charge in [-0.25, -0.2) is 4.79 Å². The number of nitrogens with one attached hydrogen (secondary N) is 2. The minimum Gasteiger partial charge on any atom is -0.497 e. The molecule has 148 valence electrons. The first kappa shape index (κ1) is 19.9. The summed E-state index contributed by atoms with van der Waals surface area (Å²) in [6.07, 6.45) is 0. The summed E-state index contributed by atoms with van der Waals surface area (Å²) in [5, 5.41) is 6.95. The molecule has 0 atom stereocenters. The number of esters is 1. The Labute approximate surface area is 167 Å². The molecule has 7 heteroatoms. The zero-order valence-electron chi connectivity index (χ0n) is 16.0. The van der Waals surface area contributed by atoms with Gasteiger partial charge in [0, 0.05) is 18.7 Å². The Morgan fingerprint density at radius 2 is 1.62 bits per heavy atom. The molecule has 2 N–H and O–H groups in total. The molecule has 29 heavy (non-hydrogen) atoms. The van der Waals surface area contributed by atoms with Crippen LogP contribution in [0.1, 0.15) is 17.3 Å². The van der Waals surface area contributed by atoms with Gasteiger partial charge in [-0.3, -0.25) is 9.59 Å². The van der Waals surface area contributed by atoms with Crippen LogP contribution in [0, 0.1) is 0 Å². The van der Waals surface area contributed by atoms with E-state index in [1.54, 1.807) is 36.4 Å². The van der Waals surface area contributed by atoms with Crippen molar-refractivity contribution in [1.82, 2.24) is 0 Å². The van der Waals surface area contributed by atoms with Gasteiger partial charge in [0.05, 0.1) is 18.4 Å². The molecule has 0 aromatic heterocycles. The molecule has 0 saturated carbocycles. The monoisotopic (exact) mass is 392 g/mol. The van der Waals surface area contributed by atoms with Crippen molar-refractivity contribution in [3.8, 4) is 5.75 Å². The molecule has 0 aliphatic heterocycles. The summed E-state index contributed by atoms with van der Waals surface area (Å²) in [7, 11) is 1.53. The molecule has 0 saturated heterocycles. The molecule has 2 amide bonds. The van der Waals surface area contributed by atoms with Crippen molar-refractivity contribution in [3.05, 3.63) is 66.2 Å². The summed E-state index contributed by atoms with van der Waals surface area (Å²) in [6.45, 7) is 0.883. The second kappa shape index (κ2) is 8.88. The van der Waals surface area contributed by atoms with Crippen LogP contribution in [0.15, 0.2) is 60.7 Å². The predicted octanol–water partition coefficient (Wildman–Crippen LogP) is 3.60. The number of methoxy groups -OCH3 is 1. The molecule has 0 heterocycles. The van der Waals surface area contributed by atoms with Gasteiger partial charge in [-0.15, -0.1) is 0 Å². The summed E-state index contributed by atoms with van der Waals surface area (Å²) >= 11 is 0. The van der Waals surface area contributed by atoms with E-state index in [0.29, 0.717) is 17.1 Å². The Kier molecular flexibility index (Phi) is 6.09. The number of rotatable bonds is 6. The van der Waals surface area contributed by atoms with E-state index in [1.807, 2.05) is 24.3 Å². The zero-order valence-corrected chi connectivity index (χ0v) is 16.0. The largest absolute Gasteiger partial charge is 0.497 e. The van der Waals surface area contributed by atoms with Crippen molar-refractivity contribution in [2.75, 3.05) is 24.4 Å². The van der Waals surface area contributed by atoms with Crippen LogP contribution in [0.3, 0.4) is 0 Å². The number of fused-ring (bicyclic) bond motifs is 1.